The van der Waals surface area contributed by atoms with Gasteiger partial charge in [-0.25, -0.2) is 0 Å². The van der Waals surface area contributed by atoms with E-state index in [0.717, 1.165) is 44.9 Å². The zero-order chi connectivity index (χ0) is 13.3. The first kappa shape index (κ1) is 16.4. The van der Waals surface area contributed by atoms with Crippen LogP contribution in [0.4, 0.5) is 0 Å². The summed E-state index contributed by atoms with van der Waals surface area (Å²) in [6, 6.07) is 0.328. The summed E-state index contributed by atoms with van der Waals surface area (Å²) in [4.78, 5) is 11.6. The van der Waals surface area contributed by atoms with Gasteiger partial charge in [0.2, 0.25) is 0 Å². The number of aliphatic carboxylic acids is 1. The average Bonchev–Trinajstić information content (AvgIpc) is 2.28. The van der Waals surface area contributed by atoms with E-state index in [1.54, 1.807) is 0 Å². The van der Waals surface area contributed by atoms with Crippen LogP contribution < -0.4 is 5.32 Å². The van der Waals surface area contributed by atoms with Crippen LogP contribution in [0, 0.1) is 0 Å². The molecule has 1 unspecified atom stereocenters. The number of carboxylic acid groups (broad SMARTS) is 1. The van der Waals surface area contributed by atoms with Crippen LogP contribution in [0.3, 0.4) is 0 Å². The Morgan fingerprint density at radius 2 is 1.65 bits per heavy atom. The third-order valence-electron chi connectivity index (χ3n) is 3.37. The third-order valence-corrected chi connectivity index (χ3v) is 3.37. The summed E-state index contributed by atoms with van der Waals surface area (Å²) >= 11 is 0. The van der Waals surface area contributed by atoms with Crippen molar-refractivity contribution in [3.05, 3.63) is 0 Å². The van der Waals surface area contributed by atoms with E-state index in [2.05, 4.69) is 33.0 Å². The molecule has 0 amide bonds. The van der Waals surface area contributed by atoms with E-state index >= 15 is 0 Å². The second-order valence-corrected chi connectivity index (χ2v) is 4.93. The Bertz CT molecular complexity index is 210. The van der Waals surface area contributed by atoms with Gasteiger partial charge in [0, 0.05) is 6.04 Å². The van der Waals surface area contributed by atoms with Crippen LogP contribution in [0.1, 0.15) is 72.6 Å². The number of carbonyl (C=O) groups is 1. The van der Waals surface area contributed by atoms with Crippen molar-refractivity contribution in [1.82, 2.24) is 5.32 Å². The van der Waals surface area contributed by atoms with Crippen LogP contribution in [-0.2, 0) is 4.79 Å². The first-order valence-corrected chi connectivity index (χ1v) is 7.07. The van der Waals surface area contributed by atoms with Crippen molar-refractivity contribution in [2.75, 3.05) is 0 Å². The van der Waals surface area contributed by atoms with Crippen molar-refractivity contribution in [3.8, 4) is 0 Å². The monoisotopic (exact) mass is 243 g/mol. The van der Waals surface area contributed by atoms with Crippen molar-refractivity contribution >= 4 is 5.97 Å². The standard InChI is InChI=1S/C14H29NO2/c1-5-9-12(8-4)15-14(10-6-2,11-7-3)13(16)17/h12,15H,5-11H2,1-4H3,(H,16,17). The van der Waals surface area contributed by atoms with Gasteiger partial charge in [0.05, 0.1) is 0 Å². The maximum absolute atomic E-state index is 11.6. The molecule has 17 heavy (non-hydrogen) atoms. The van der Waals surface area contributed by atoms with E-state index in [4.69, 9.17) is 0 Å². The van der Waals surface area contributed by atoms with E-state index in [1.165, 1.54) is 0 Å². The molecule has 0 aromatic heterocycles. The molecule has 2 N–H and O–H groups in total. The molecule has 3 nitrogen and oxygen atoms in total. The summed E-state index contributed by atoms with van der Waals surface area (Å²) < 4.78 is 0. The fraction of sp³-hybridized carbons (Fsp3) is 0.929. The predicted octanol–water partition coefficient (Wildman–Crippen LogP) is 3.58. The van der Waals surface area contributed by atoms with E-state index in [1.807, 2.05) is 0 Å². The zero-order valence-corrected chi connectivity index (χ0v) is 11.9. The second kappa shape index (κ2) is 8.51. The van der Waals surface area contributed by atoms with Gasteiger partial charge < -0.3 is 5.11 Å². The summed E-state index contributed by atoms with van der Waals surface area (Å²) in [7, 11) is 0. The van der Waals surface area contributed by atoms with Crippen molar-refractivity contribution in [1.29, 1.82) is 0 Å². The molecule has 3 heteroatoms. The smallest absolute Gasteiger partial charge is 0.323 e. The number of carboxylic acids is 1. The lowest BCUT2D eigenvalue weighted by Crippen LogP contribution is -2.55. The van der Waals surface area contributed by atoms with Gasteiger partial charge in [0.25, 0.3) is 0 Å². The van der Waals surface area contributed by atoms with Crippen LogP contribution in [0.5, 0.6) is 0 Å². The summed E-state index contributed by atoms with van der Waals surface area (Å²) in [6.07, 6.45) is 6.39. The molecule has 0 aliphatic heterocycles. The largest absolute Gasteiger partial charge is 0.480 e. The molecule has 0 heterocycles. The van der Waals surface area contributed by atoms with Crippen LogP contribution in [0.15, 0.2) is 0 Å². The lowest BCUT2D eigenvalue weighted by Gasteiger charge is -2.34. The highest BCUT2D eigenvalue weighted by molar-refractivity contribution is 5.78. The lowest BCUT2D eigenvalue weighted by atomic mass is 9.87. The predicted molar refractivity (Wildman–Crippen MR) is 72.3 cm³/mol. The summed E-state index contributed by atoms with van der Waals surface area (Å²) in [5, 5.41) is 13.0. The Labute approximate surface area is 106 Å². The molecule has 0 fully saturated rings. The number of hydrogen-bond acceptors (Lipinski definition) is 2. The molecular formula is C14H29NO2. The second-order valence-electron chi connectivity index (χ2n) is 4.93. The zero-order valence-electron chi connectivity index (χ0n) is 11.9. The normalized spacial score (nSPS) is 13.6. The van der Waals surface area contributed by atoms with Crippen LogP contribution >= 0.6 is 0 Å². The highest BCUT2D eigenvalue weighted by Gasteiger charge is 2.37. The first-order chi connectivity index (χ1) is 8.06. The van der Waals surface area contributed by atoms with Gasteiger partial charge >= 0.3 is 5.97 Å². The van der Waals surface area contributed by atoms with E-state index in [0.29, 0.717) is 6.04 Å². The van der Waals surface area contributed by atoms with Crippen molar-refractivity contribution in [2.45, 2.75) is 84.2 Å². The van der Waals surface area contributed by atoms with Crippen molar-refractivity contribution < 1.29 is 9.90 Å². The summed E-state index contributed by atoms with van der Waals surface area (Å²) in [6.45, 7) is 8.37. The van der Waals surface area contributed by atoms with Gasteiger partial charge in [-0.2, -0.15) is 0 Å². The molecule has 0 aliphatic rings. The highest BCUT2D eigenvalue weighted by Crippen LogP contribution is 2.22. The fourth-order valence-electron chi connectivity index (χ4n) is 2.52. The molecule has 0 saturated heterocycles. The van der Waals surface area contributed by atoms with E-state index in [-0.39, 0.29) is 0 Å². The minimum Gasteiger partial charge on any atom is -0.480 e. The third kappa shape index (κ3) is 5.07. The fourth-order valence-corrected chi connectivity index (χ4v) is 2.52. The van der Waals surface area contributed by atoms with Crippen LogP contribution in [0.2, 0.25) is 0 Å². The Morgan fingerprint density at radius 1 is 1.12 bits per heavy atom. The summed E-state index contributed by atoms with van der Waals surface area (Å²) in [5.74, 6) is -0.684. The van der Waals surface area contributed by atoms with E-state index < -0.39 is 11.5 Å². The molecule has 0 saturated carbocycles. The van der Waals surface area contributed by atoms with Crippen LogP contribution in [-0.4, -0.2) is 22.7 Å². The lowest BCUT2D eigenvalue weighted by molar-refractivity contribution is -0.146. The molecule has 0 radical (unpaired) electrons. The Balaban J connectivity index is 4.79. The molecule has 0 aromatic rings. The molecule has 0 spiro atoms. The number of rotatable bonds is 10. The van der Waals surface area contributed by atoms with Crippen molar-refractivity contribution in [2.24, 2.45) is 0 Å². The Morgan fingerprint density at radius 3 is 1.94 bits per heavy atom. The van der Waals surface area contributed by atoms with Crippen LogP contribution in [0.25, 0.3) is 0 Å². The van der Waals surface area contributed by atoms with Gasteiger partial charge in [-0.1, -0.05) is 47.0 Å². The van der Waals surface area contributed by atoms with Gasteiger partial charge in [-0.05, 0) is 25.7 Å². The Hall–Kier alpha value is -0.570. The quantitative estimate of drug-likeness (QED) is 0.616. The van der Waals surface area contributed by atoms with E-state index in [9.17, 15) is 9.90 Å². The van der Waals surface area contributed by atoms with Gasteiger partial charge in [0.1, 0.15) is 5.54 Å². The van der Waals surface area contributed by atoms with Crippen molar-refractivity contribution in [3.63, 3.8) is 0 Å². The molecule has 0 aliphatic carbocycles. The molecular weight excluding hydrogens is 214 g/mol. The van der Waals surface area contributed by atoms with Gasteiger partial charge in [0.15, 0.2) is 0 Å². The summed E-state index contributed by atoms with van der Waals surface area (Å²) in [5.41, 5.74) is -0.709. The molecule has 0 rings (SSSR count). The molecule has 0 bridgehead atoms. The van der Waals surface area contributed by atoms with Gasteiger partial charge in [-0.15, -0.1) is 0 Å². The van der Waals surface area contributed by atoms with Gasteiger partial charge in [-0.3, -0.25) is 10.1 Å². The topological polar surface area (TPSA) is 49.3 Å². The minimum absolute atomic E-state index is 0.328. The average molecular weight is 243 g/mol. The number of nitrogens with one attached hydrogen (secondary N) is 1. The first-order valence-electron chi connectivity index (χ1n) is 7.07. The number of hydrogen-bond donors (Lipinski definition) is 2. The molecule has 102 valence electrons. The molecule has 0 aromatic carbocycles. The highest BCUT2D eigenvalue weighted by atomic mass is 16.4. The maximum atomic E-state index is 11.6. The SMILES string of the molecule is CCCC(CC)NC(CCC)(CCC)C(=O)O. The minimum atomic E-state index is -0.709. The Kier molecular flexibility index (Phi) is 8.23. The maximum Gasteiger partial charge on any atom is 0.323 e. The molecule has 1 atom stereocenters.